The van der Waals surface area contributed by atoms with Gasteiger partial charge in [-0.05, 0) is 64.8 Å². The maximum atomic E-state index is 14.8. The predicted molar refractivity (Wildman–Crippen MR) is 131 cm³/mol. The number of benzene rings is 2. The van der Waals surface area contributed by atoms with E-state index in [1.807, 2.05) is 36.7 Å². The average Bonchev–Trinajstić information content (AvgIpc) is 3.42. The van der Waals surface area contributed by atoms with Gasteiger partial charge in [0, 0.05) is 25.5 Å². The Labute approximate surface area is 208 Å². The van der Waals surface area contributed by atoms with Crippen molar-refractivity contribution in [3.63, 3.8) is 0 Å². The molecule has 1 saturated heterocycles. The van der Waals surface area contributed by atoms with Crippen molar-refractivity contribution in [2.24, 2.45) is 5.92 Å². The van der Waals surface area contributed by atoms with E-state index in [1.54, 1.807) is 0 Å². The summed E-state index contributed by atoms with van der Waals surface area (Å²) in [7, 11) is 0. The van der Waals surface area contributed by atoms with Crippen molar-refractivity contribution in [3.05, 3.63) is 77.9 Å². The molecule has 0 bridgehead atoms. The topological polar surface area (TPSA) is 81.9 Å². The van der Waals surface area contributed by atoms with Crippen LogP contribution in [-0.4, -0.2) is 49.9 Å². The highest BCUT2D eigenvalue weighted by Crippen LogP contribution is 2.30. The van der Waals surface area contributed by atoms with Gasteiger partial charge in [0.1, 0.15) is 0 Å². The number of anilines is 1. The monoisotopic (exact) mass is 491 g/mol. The Bertz CT molecular complexity index is 1250. The number of tetrazole rings is 1. The van der Waals surface area contributed by atoms with Gasteiger partial charge in [-0.15, -0.1) is 10.2 Å². The summed E-state index contributed by atoms with van der Waals surface area (Å²) < 4.78 is 35.2. The molecule has 0 radical (unpaired) electrons. The summed E-state index contributed by atoms with van der Waals surface area (Å²) in [5.41, 5.74) is 3.21. The zero-order valence-electron chi connectivity index (χ0n) is 20.0. The summed E-state index contributed by atoms with van der Waals surface area (Å²) in [5.74, 6) is -0.803. The van der Waals surface area contributed by atoms with Crippen LogP contribution in [0.15, 0.2) is 55.1 Å². The van der Waals surface area contributed by atoms with Crippen molar-refractivity contribution in [1.29, 1.82) is 0 Å². The summed E-state index contributed by atoms with van der Waals surface area (Å²) in [4.78, 5) is 12.5. The first-order valence-corrected chi connectivity index (χ1v) is 12.1. The van der Waals surface area contributed by atoms with Crippen LogP contribution in [0.25, 0.3) is 11.1 Å². The Kier molecular flexibility index (Phi) is 7.11. The molecule has 0 atom stereocenters. The quantitative estimate of drug-likeness (QED) is 0.363. The third-order valence-corrected chi connectivity index (χ3v) is 6.46. The summed E-state index contributed by atoms with van der Waals surface area (Å²) >= 11 is 0. The molecule has 186 valence electrons. The molecule has 0 amide bonds. The van der Waals surface area contributed by atoms with Crippen LogP contribution in [0.4, 0.5) is 14.7 Å². The van der Waals surface area contributed by atoms with Gasteiger partial charge in [-0.3, -0.25) is 0 Å². The molecular formula is C26H27F2N7O. The smallest absolute Gasteiger partial charge is 0.225 e. The third-order valence-electron chi connectivity index (χ3n) is 6.46. The van der Waals surface area contributed by atoms with Gasteiger partial charge in [-0.2, -0.15) is 4.80 Å². The van der Waals surface area contributed by atoms with Crippen LogP contribution in [0, 0.1) is 17.6 Å². The minimum absolute atomic E-state index is 0.210. The Morgan fingerprint density at radius 2 is 1.64 bits per heavy atom. The van der Waals surface area contributed by atoms with Crippen molar-refractivity contribution in [2.75, 3.05) is 24.6 Å². The van der Waals surface area contributed by atoms with Crippen LogP contribution >= 0.6 is 0 Å². The van der Waals surface area contributed by atoms with Gasteiger partial charge in [0.2, 0.25) is 5.95 Å². The largest absolute Gasteiger partial charge is 0.487 e. The molecule has 2 aromatic carbocycles. The number of piperidine rings is 1. The molecule has 3 heterocycles. The van der Waals surface area contributed by atoms with Crippen molar-refractivity contribution in [2.45, 2.75) is 32.7 Å². The second-order valence-corrected chi connectivity index (χ2v) is 8.92. The van der Waals surface area contributed by atoms with Gasteiger partial charge >= 0.3 is 0 Å². The number of ether oxygens (including phenoxy) is 1. The Balaban J connectivity index is 1.17. The lowest BCUT2D eigenvalue weighted by atomic mass is 9.98. The second kappa shape index (κ2) is 10.8. The zero-order chi connectivity index (χ0) is 24.9. The van der Waals surface area contributed by atoms with Crippen molar-refractivity contribution >= 4 is 5.95 Å². The molecule has 0 N–H and O–H groups in total. The molecule has 1 aliphatic heterocycles. The SMILES string of the molecule is CCc1cnc(N2CCC(COc3c(F)cc(-c4ccc(Cn5ncnn5)cc4)cc3F)CC2)nc1. The summed E-state index contributed by atoms with van der Waals surface area (Å²) in [5, 5.41) is 11.5. The number of halogens is 2. The molecule has 1 aliphatic rings. The molecular weight excluding hydrogens is 464 g/mol. The van der Waals surface area contributed by atoms with Crippen LogP contribution in [0.1, 0.15) is 30.9 Å². The number of hydrogen-bond acceptors (Lipinski definition) is 7. The molecule has 0 saturated carbocycles. The predicted octanol–water partition coefficient (Wildman–Crippen LogP) is 4.31. The van der Waals surface area contributed by atoms with Crippen molar-refractivity contribution in [3.8, 4) is 16.9 Å². The zero-order valence-corrected chi connectivity index (χ0v) is 20.0. The van der Waals surface area contributed by atoms with Crippen LogP contribution in [0.3, 0.4) is 0 Å². The molecule has 8 nitrogen and oxygen atoms in total. The number of nitrogens with zero attached hydrogens (tertiary/aromatic N) is 7. The first-order chi connectivity index (χ1) is 17.6. The highest BCUT2D eigenvalue weighted by atomic mass is 19.1. The van der Waals surface area contributed by atoms with Gasteiger partial charge in [0.25, 0.3) is 0 Å². The van der Waals surface area contributed by atoms with Gasteiger partial charge in [0.15, 0.2) is 23.7 Å². The fraction of sp³-hybridized carbons (Fsp3) is 0.346. The lowest BCUT2D eigenvalue weighted by Crippen LogP contribution is -2.36. The second-order valence-electron chi connectivity index (χ2n) is 8.92. The van der Waals surface area contributed by atoms with E-state index < -0.39 is 11.6 Å². The first-order valence-electron chi connectivity index (χ1n) is 12.1. The average molecular weight is 492 g/mol. The number of aryl methyl sites for hydroxylation is 1. The van der Waals surface area contributed by atoms with E-state index in [-0.39, 0.29) is 18.3 Å². The lowest BCUT2D eigenvalue weighted by molar-refractivity contribution is 0.207. The molecule has 36 heavy (non-hydrogen) atoms. The molecule has 1 fully saturated rings. The third kappa shape index (κ3) is 5.48. The normalized spacial score (nSPS) is 14.2. The van der Waals surface area contributed by atoms with Crippen LogP contribution in [0.5, 0.6) is 5.75 Å². The molecule has 5 rings (SSSR count). The minimum atomic E-state index is -0.706. The van der Waals surface area contributed by atoms with E-state index in [9.17, 15) is 8.78 Å². The molecule has 2 aromatic heterocycles. The van der Waals surface area contributed by atoms with Crippen LogP contribution in [-0.2, 0) is 13.0 Å². The van der Waals surface area contributed by atoms with E-state index in [1.165, 1.54) is 23.3 Å². The maximum Gasteiger partial charge on any atom is 0.225 e. The van der Waals surface area contributed by atoms with Gasteiger partial charge in [0.05, 0.1) is 13.2 Å². The fourth-order valence-corrected chi connectivity index (χ4v) is 4.29. The first kappa shape index (κ1) is 23.8. The molecule has 4 aromatic rings. The summed E-state index contributed by atoms with van der Waals surface area (Å²) in [6, 6.07) is 9.99. The minimum Gasteiger partial charge on any atom is -0.487 e. The van der Waals surface area contributed by atoms with E-state index in [2.05, 4.69) is 37.2 Å². The standard InChI is InChI=1S/C26H27F2N7O/c1-2-18-13-29-26(30-14-18)34-9-7-20(8-10-34)16-36-25-23(27)11-22(12-24(25)28)21-5-3-19(4-6-21)15-35-32-17-31-33-35/h3-6,11-14,17,20H,2,7-10,15-16H2,1H3. The van der Waals surface area contributed by atoms with Crippen LogP contribution in [0.2, 0.25) is 0 Å². The number of rotatable bonds is 8. The van der Waals surface area contributed by atoms with E-state index in [0.29, 0.717) is 17.7 Å². The fourth-order valence-electron chi connectivity index (χ4n) is 4.29. The summed E-state index contributed by atoms with van der Waals surface area (Å²) in [6.07, 6.45) is 7.68. The van der Waals surface area contributed by atoms with Gasteiger partial charge in [-0.25, -0.2) is 18.7 Å². The Hall–Kier alpha value is -3.95. The number of aromatic nitrogens is 6. The highest BCUT2D eigenvalue weighted by Gasteiger charge is 2.23. The lowest BCUT2D eigenvalue weighted by Gasteiger charge is -2.31. The van der Waals surface area contributed by atoms with Crippen molar-refractivity contribution < 1.29 is 13.5 Å². The maximum absolute atomic E-state index is 14.8. The van der Waals surface area contributed by atoms with Crippen LogP contribution < -0.4 is 9.64 Å². The van der Waals surface area contributed by atoms with Crippen molar-refractivity contribution in [1.82, 2.24) is 30.2 Å². The van der Waals surface area contributed by atoms with E-state index in [0.717, 1.165) is 49.4 Å². The Morgan fingerprint density at radius 3 is 2.25 bits per heavy atom. The van der Waals surface area contributed by atoms with E-state index in [4.69, 9.17) is 4.74 Å². The Morgan fingerprint density at radius 1 is 0.944 bits per heavy atom. The molecule has 10 heteroatoms. The van der Waals surface area contributed by atoms with Gasteiger partial charge in [-0.1, -0.05) is 31.2 Å². The molecule has 0 unspecified atom stereocenters. The summed E-state index contributed by atoms with van der Waals surface area (Å²) in [6.45, 7) is 4.37. The van der Waals surface area contributed by atoms with E-state index >= 15 is 0 Å². The molecule has 0 aliphatic carbocycles. The van der Waals surface area contributed by atoms with Gasteiger partial charge < -0.3 is 9.64 Å². The number of hydrogen-bond donors (Lipinski definition) is 0. The molecule has 0 spiro atoms. The highest BCUT2D eigenvalue weighted by molar-refractivity contribution is 5.65.